The number of anilines is 1. The van der Waals surface area contributed by atoms with Gasteiger partial charge in [-0.3, -0.25) is 14.8 Å². The van der Waals surface area contributed by atoms with Gasteiger partial charge in [-0.15, -0.1) is 0 Å². The number of benzene rings is 2. The van der Waals surface area contributed by atoms with Gasteiger partial charge in [-0.1, -0.05) is 6.07 Å². The van der Waals surface area contributed by atoms with Crippen molar-refractivity contribution in [2.45, 2.75) is 16.7 Å². The number of sulfonamides is 2. The summed E-state index contributed by atoms with van der Waals surface area (Å²) in [4.78, 5) is 9.43. The Kier molecular flexibility index (Phi) is 5.45. The highest BCUT2D eigenvalue weighted by Crippen LogP contribution is 2.30. The third kappa shape index (κ3) is 4.18. The van der Waals surface area contributed by atoms with Gasteiger partial charge in [-0.05, 0) is 36.8 Å². The number of nitro benzene ring substituents is 1. The molecular formula is C15H17N3O7S2. The summed E-state index contributed by atoms with van der Waals surface area (Å²) in [6, 6.07) is 6.57. The van der Waals surface area contributed by atoms with Crippen molar-refractivity contribution in [1.82, 2.24) is 4.31 Å². The quantitative estimate of drug-likeness (QED) is 0.538. The first-order chi connectivity index (χ1) is 12.4. The number of phenolic OH excluding ortho intramolecular Hbond substituents is 1. The SMILES string of the molecule is Cc1ccc(NS(=O)(=O)c2ccc(O)c([N+](=O)[O-])c2)cc1S(=O)(=O)N(C)C. The molecule has 0 atom stereocenters. The van der Waals surface area contributed by atoms with E-state index in [2.05, 4.69) is 4.72 Å². The molecule has 2 rings (SSSR count). The Balaban J connectivity index is 2.48. The van der Waals surface area contributed by atoms with E-state index in [0.29, 0.717) is 11.6 Å². The van der Waals surface area contributed by atoms with E-state index in [1.54, 1.807) is 6.92 Å². The van der Waals surface area contributed by atoms with Crippen LogP contribution in [0.3, 0.4) is 0 Å². The van der Waals surface area contributed by atoms with Crippen LogP contribution in [0.15, 0.2) is 46.2 Å². The molecule has 0 aromatic heterocycles. The lowest BCUT2D eigenvalue weighted by Gasteiger charge is -2.15. The number of aryl methyl sites for hydroxylation is 1. The molecule has 2 N–H and O–H groups in total. The van der Waals surface area contributed by atoms with Crippen molar-refractivity contribution >= 4 is 31.4 Å². The van der Waals surface area contributed by atoms with Gasteiger partial charge in [0.1, 0.15) is 0 Å². The smallest absolute Gasteiger partial charge is 0.312 e. The third-order valence-corrected chi connectivity index (χ3v) is 6.99. The van der Waals surface area contributed by atoms with E-state index in [0.717, 1.165) is 22.5 Å². The number of rotatable bonds is 6. The molecule has 0 spiro atoms. The molecule has 0 aliphatic carbocycles. The molecule has 0 aliphatic rings. The predicted octanol–water partition coefficient (Wildman–Crippen LogP) is 1.66. The van der Waals surface area contributed by atoms with Crippen molar-refractivity contribution in [3.63, 3.8) is 0 Å². The van der Waals surface area contributed by atoms with Crippen LogP contribution in [0, 0.1) is 17.0 Å². The predicted molar refractivity (Wildman–Crippen MR) is 97.6 cm³/mol. The van der Waals surface area contributed by atoms with E-state index < -0.39 is 41.3 Å². The van der Waals surface area contributed by atoms with Crippen LogP contribution in [0.5, 0.6) is 5.75 Å². The van der Waals surface area contributed by atoms with E-state index in [9.17, 15) is 32.1 Å². The average molecular weight is 415 g/mol. The number of hydrogen-bond donors (Lipinski definition) is 2. The summed E-state index contributed by atoms with van der Waals surface area (Å²) >= 11 is 0. The van der Waals surface area contributed by atoms with Gasteiger partial charge in [0.05, 0.1) is 20.4 Å². The van der Waals surface area contributed by atoms with Gasteiger partial charge < -0.3 is 5.11 Å². The number of hydrogen-bond acceptors (Lipinski definition) is 7. The van der Waals surface area contributed by atoms with Gasteiger partial charge in [0.2, 0.25) is 10.0 Å². The van der Waals surface area contributed by atoms with Crippen molar-refractivity contribution in [3.05, 3.63) is 52.1 Å². The van der Waals surface area contributed by atoms with E-state index >= 15 is 0 Å². The lowest BCUT2D eigenvalue weighted by Crippen LogP contribution is -2.23. The fraction of sp³-hybridized carbons (Fsp3) is 0.200. The first kappa shape index (κ1) is 20.6. The maximum atomic E-state index is 12.5. The Hall–Kier alpha value is -2.70. The molecule has 146 valence electrons. The van der Waals surface area contributed by atoms with E-state index in [1.165, 1.54) is 26.2 Å². The molecule has 10 nitrogen and oxygen atoms in total. The summed E-state index contributed by atoms with van der Waals surface area (Å²) < 4.78 is 52.9. The molecule has 0 saturated heterocycles. The lowest BCUT2D eigenvalue weighted by atomic mass is 10.2. The fourth-order valence-electron chi connectivity index (χ4n) is 2.17. The van der Waals surface area contributed by atoms with Crippen molar-refractivity contribution in [3.8, 4) is 5.75 Å². The molecule has 27 heavy (non-hydrogen) atoms. The largest absolute Gasteiger partial charge is 0.502 e. The molecular weight excluding hydrogens is 398 g/mol. The molecule has 0 bridgehead atoms. The van der Waals surface area contributed by atoms with Crippen LogP contribution < -0.4 is 4.72 Å². The zero-order valence-electron chi connectivity index (χ0n) is 14.6. The van der Waals surface area contributed by atoms with Crippen LogP contribution in [0.25, 0.3) is 0 Å². The van der Waals surface area contributed by atoms with Crippen molar-refractivity contribution in [2.75, 3.05) is 18.8 Å². The Morgan fingerprint density at radius 2 is 1.70 bits per heavy atom. The Labute approximate surface area is 156 Å². The third-order valence-electron chi connectivity index (χ3n) is 3.65. The van der Waals surface area contributed by atoms with Crippen LogP contribution in [0.2, 0.25) is 0 Å². The summed E-state index contributed by atoms with van der Waals surface area (Å²) in [5, 5.41) is 20.3. The van der Waals surface area contributed by atoms with Gasteiger partial charge in [0, 0.05) is 20.2 Å². The van der Waals surface area contributed by atoms with Gasteiger partial charge in [-0.25, -0.2) is 21.1 Å². The highest BCUT2D eigenvalue weighted by atomic mass is 32.2. The summed E-state index contributed by atoms with van der Waals surface area (Å²) in [6.45, 7) is 1.57. The molecule has 0 radical (unpaired) electrons. The highest BCUT2D eigenvalue weighted by Gasteiger charge is 2.24. The second-order valence-corrected chi connectivity index (χ2v) is 9.58. The Morgan fingerprint density at radius 1 is 1.07 bits per heavy atom. The molecule has 2 aromatic rings. The molecule has 2 aromatic carbocycles. The first-order valence-electron chi connectivity index (χ1n) is 7.39. The second kappa shape index (κ2) is 7.13. The number of nitro groups is 1. The lowest BCUT2D eigenvalue weighted by molar-refractivity contribution is -0.386. The summed E-state index contributed by atoms with van der Waals surface area (Å²) in [6.07, 6.45) is 0. The molecule has 0 heterocycles. The van der Waals surface area contributed by atoms with Gasteiger partial charge >= 0.3 is 5.69 Å². The number of nitrogens with zero attached hydrogens (tertiary/aromatic N) is 2. The van der Waals surface area contributed by atoms with Crippen LogP contribution in [0.4, 0.5) is 11.4 Å². The molecule has 0 aliphatic heterocycles. The summed E-state index contributed by atoms with van der Waals surface area (Å²) in [5.41, 5.74) is -0.374. The van der Waals surface area contributed by atoms with Gasteiger partial charge in [0.15, 0.2) is 5.75 Å². The second-order valence-electron chi connectivity index (χ2n) is 5.78. The van der Waals surface area contributed by atoms with E-state index in [-0.39, 0.29) is 10.6 Å². The molecule has 0 amide bonds. The summed E-state index contributed by atoms with van der Waals surface area (Å²) in [5.74, 6) is -0.673. The zero-order chi connectivity index (χ0) is 20.6. The fourth-order valence-corrected chi connectivity index (χ4v) is 4.38. The van der Waals surface area contributed by atoms with Crippen molar-refractivity contribution in [1.29, 1.82) is 0 Å². The topological polar surface area (TPSA) is 147 Å². The van der Waals surface area contributed by atoms with Crippen LogP contribution in [-0.4, -0.2) is 45.3 Å². The van der Waals surface area contributed by atoms with E-state index in [1.807, 2.05) is 0 Å². The van der Waals surface area contributed by atoms with Gasteiger partial charge in [0.25, 0.3) is 10.0 Å². The number of phenols is 1. The zero-order valence-corrected chi connectivity index (χ0v) is 16.2. The monoisotopic (exact) mass is 415 g/mol. The number of nitrogens with one attached hydrogen (secondary N) is 1. The van der Waals surface area contributed by atoms with Crippen LogP contribution in [-0.2, 0) is 20.0 Å². The summed E-state index contributed by atoms with van der Waals surface area (Å²) in [7, 11) is -5.36. The average Bonchev–Trinajstić information content (AvgIpc) is 2.56. The van der Waals surface area contributed by atoms with Gasteiger partial charge in [-0.2, -0.15) is 0 Å². The minimum atomic E-state index is -4.26. The highest BCUT2D eigenvalue weighted by molar-refractivity contribution is 7.92. The minimum Gasteiger partial charge on any atom is -0.502 e. The molecule has 0 fully saturated rings. The van der Waals surface area contributed by atoms with E-state index in [4.69, 9.17) is 0 Å². The van der Waals surface area contributed by atoms with Crippen LogP contribution in [0.1, 0.15) is 5.56 Å². The standard InChI is InChI=1S/C15H17N3O7S2/c1-10-4-5-11(8-15(10)27(24,25)17(2)3)16-26(22,23)12-6-7-14(19)13(9-12)18(20)21/h4-9,16,19H,1-3H3. The van der Waals surface area contributed by atoms with Crippen LogP contribution >= 0.6 is 0 Å². The molecule has 0 saturated carbocycles. The minimum absolute atomic E-state index is 0.0308. The number of aromatic hydroxyl groups is 1. The van der Waals surface area contributed by atoms with Crippen molar-refractivity contribution < 1.29 is 26.9 Å². The maximum Gasteiger partial charge on any atom is 0.312 e. The first-order valence-corrected chi connectivity index (χ1v) is 10.3. The molecule has 12 heteroatoms. The van der Waals surface area contributed by atoms with Crippen molar-refractivity contribution in [2.24, 2.45) is 0 Å². The Morgan fingerprint density at radius 3 is 2.26 bits per heavy atom. The normalized spacial score (nSPS) is 12.1. The molecule has 0 unspecified atom stereocenters. The maximum absolute atomic E-state index is 12.5. The Bertz CT molecular complexity index is 1110.